The highest BCUT2D eigenvalue weighted by Gasteiger charge is 2.41. The van der Waals surface area contributed by atoms with Crippen molar-refractivity contribution in [2.45, 2.75) is 140 Å². The Morgan fingerprint density at radius 2 is 0.578 bits per heavy atom. The number of aliphatic hydroxyl groups is 1. The van der Waals surface area contributed by atoms with Crippen molar-refractivity contribution in [1.82, 2.24) is 0 Å². The largest absolute Gasteiger partial charge is 0.475 e. The van der Waals surface area contributed by atoms with Crippen LogP contribution < -0.4 is 0 Å². The number of methoxy groups -OCH3 is 2. The Bertz CT molecular complexity index is 3900. The van der Waals surface area contributed by atoms with Gasteiger partial charge in [0.15, 0.2) is 6.10 Å². The van der Waals surface area contributed by atoms with Gasteiger partial charge >= 0.3 is 13.8 Å². The second-order valence-corrected chi connectivity index (χ2v) is 27.7. The molecular weight excluding hydrogens is 1410 g/mol. The van der Waals surface area contributed by atoms with Crippen LogP contribution in [0.25, 0.3) is 0 Å². The highest BCUT2D eigenvalue weighted by Crippen LogP contribution is 2.52. The Kier molecular flexibility index (Phi) is 38.1. The SMILES string of the molecule is COC(COCc1ccccc1)[C@@H](COCC(OCc1ccccc1)C(OCc1ccccc1)C(COP(=O)(OCc1ccccc1)O[C@H](COCC(OCc1ccccc1)C(OCc1ccccc1)C(CO)OCc1ccccc1)C(COCc1ccccc1)OC)OCc1ccccc1)OC(=O)CCC(C)=O. The van der Waals surface area contributed by atoms with Crippen LogP contribution in [0.15, 0.2) is 273 Å². The van der Waals surface area contributed by atoms with Crippen molar-refractivity contribution in [2.75, 3.05) is 67.1 Å². The molecule has 0 fully saturated rings. The molecule has 21 heteroatoms. The molecule has 0 spiro atoms. The van der Waals surface area contributed by atoms with E-state index in [1.54, 1.807) is 0 Å². The quantitative estimate of drug-likeness (QED) is 0.0277. The highest BCUT2D eigenvalue weighted by molar-refractivity contribution is 7.48. The van der Waals surface area contributed by atoms with Gasteiger partial charge in [0.2, 0.25) is 0 Å². The topological polar surface area (TPSA) is 219 Å². The van der Waals surface area contributed by atoms with Gasteiger partial charge in [-0.15, -0.1) is 0 Å². The van der Waals surface area contributed by atoms with Gasteiger partial charge in [-0.2, -0.15) is 0 Å². The number of hydrogen-bond donors (Lipinski definition) is 1. The first-order chi connectivity index (χ1) is 53.5. The number of benzene rings is 9. The van der Waals surface area contributed by atoms with Crippen molar-refractivity contribution in [2.24, 2.45) is 0 Å². The average Bonchev–Trinajstić information content (AvgIpc) is 0.833. The Hall–Kier alpha value is -8.29. The van der Waals surface area contributed by atoms with Gasteiger partial charge < -0.3 is 71.5 Å². The van der Waals surface area contributed by atoms with Crippen molar-refractivity contribution < 1.29 is 94.4 Å². The summed E-state index contributed by atoms with van der Waals surface area (Å²) < 4.78 is 122. The Morgan fingerprint density at radius 1 is 0.303 bits per heavy atom. The lowest BCUT2D eigenvalue weighted by Crippen LogP contribution is -2.48. The van der Waals surface area contributed by atoms with Crippen LogP contribution in [0.2, 0.25) is 0 Å². The number of aliphatic hydroxyl groups excluding tert-OH is 1. The summed E-state index contributed by atoms with van der Waals surface area (Å²) in [5.41, 5.74) is 7.55. The highest BCUT2D eigenvalue weighted by atomic mass is 31.2. The first-order valence-electron chi connectivity index (χ1n) is 36.8. The molecule has 0 aromatic heterocycles. The second kappa shape index (κ2) is 49.1. The predicted octanol–water partition coefficient (Wildman–Crippen LogP) is 15.0. The molecule has 0 bridgehead atoms. The summed E-state index contributed by atoms with van der Waals surface area (Å²) in [5.74, 6) is -0.798. The molecule has 580 valence electrons. The molecule has 0 radical (unpaired) electrons. The summed E-state index contributed by atoms with van der Waals surface area (Å²) in [7, 11) is -1.94. The monoisotopic (exact) mass is 1510 g/mol. The molecule has 20 nitrogen and oxygen atoms in total. The number of Topliss-reactive ketones (excluding diaryl/α,β-unsaturated/α-hetero) is 1. The maximum atomic E-state index is 16.5. The lowest BCUT2D eigenvalue weighted by atomic mass is 10.1. The number of carbonyl (C=O) groups excluding carboxylic acids is 2. The zero-order chi connectivity index (χ0) is 76.2. The van der Waals surface area contributed by atoms with Crippen LogP contribution in [0.5, 0.6) is 0 Å². The zero-order valence-electron chi connectivity index (χ0n) is 62.3. The molecule has 0 heterocycles. The summed E-state index contributed by atoms with van der Waals surface area (Å²) >= 11 is 0. The Morgan fingerprint density at radius 3 is 0.917 bits per heavy atom. The van der Waals surface area contributed by atoms with Crippen LogP contribution in [0.4, 0.5) is 0 Å². The molecule has 109 heavy (non-hydrogen) atoms. The molecule has 9 aromatic rings. The number of hydrogen-bond acceptors (Lipinski definition) is 20. The fourth-order valence-electron chi connectivity index (χ4n) is 11.6. The number of rotatable bonds is 55. The normalized spacial score (nSPS) is 14.9. The molecule has 1 N–H and O–H groups in total. The third-order valence-corrected chi connectivity index (χ3v) is 19.1. The van der Waals surface area contributed by atoms with Crippen LogP contribution in [-0.2, 0) is 149 Å². The third kappa shape index (κ3) is 31.5. The van der Waals surface area contributed by atoms with E-state index < -0.39 is 88.0 Å². The first kappa shape index (κ1) is 84.7. The fourth-order valence-corrected chi connectivity index (χ4v) is 13.0. The zero-order valence-corrected chi connectivity index (χ0v) is 63.2. The minimum atomic E-state index is -4.93. The third-order valence-electron chi connectivity index (χ3n) is 17.7. The standard InChI is InChI=1S/C88H103O20P/c1-68(90)49-50-86(91)107-81(79(93-2)61-95-52-69-31-13-4-14-32-69)63-97-66-84(101-56-73-39-21-8-22-40-73)88(104-59-76-45-27-11-28-46-76)85(102-57-74-41-23-9-24-42-74)67-106-109(92,105-60-77-47-29-12-30-48-77)108-82(80(94-3)62-96-53-70-33-15-5-16-34-70)64-98-65-83(100-55-72-37-19-7-20-38-72)87(103-58-75-43-25-10-26-44-75)78(51-89)99-54-71-35-17-6-18-36-71/h4-48,78-85,87-89H,49-67H2,1-3H3/t78?,79?,80?,81-,82-,83?,84?,85?,87?,88?,109?/m1/s1. The fraction of sp³-hybridized carbons (Fsp3) is 0.364. The van der Waals surface area contributed by atoms with Gasteiger partial charge in [-0.05, 0) is 57.0 Å². The van der Waals surface area contributed by atoms with E-state index in [0.29, 0.717) is 5.56 Å². The predicted molar refractivity (Wildman–Crippen MR) is 412 cm³/mol. The number of ether oxygens (including phenoxy) is 13. The number of phosphoric ester groups is 1. The second-order valence-electron chi connectivity index (χ2n) is 26.0. The molecule has 9 rings (SSSR count). The van der Waals surface area contributed by atoms with Crippen molar-refractivity contribution in [3.63, 3.8) is 0 Å². The van der Waals surface area contributed by atoms with Crippen LogP contribution in [0.3, 0.4) is 0 Å². The van der Waals surface area contributed by atoms with Gasteiger partial charge in [0.1, 0.15) is 60.7 Å². The average molecular weight is 1510 g/mol. The number of phosphoric acid groups is 1. The van der Waals surface area contributed by atoms with Gasteiger partial charge in [0.25, 0.3) is 0 Å². The van der Waals surface area contributed by atoms with Gasteiger partial charge in [-0.25, -0.2) is 4.57 Å². The molecular formula is C88H103O20P. The first-order valence-corrected chi connectivity index (χ1v) is 38.3. The summed E-state index contributed by atoms with van der Waals surface area (Å²) in [4.78, 5) is 25.7. The summed E-state index contributed by atoms with van der Waals surface area (Å²) in [6.45, 7) is 0.233. The van der Waals surface area contributed by atoms with E-state index in [1.807, 2.05) is 273 Å². The molecule has 9 aromatic carbocycles. The molecule has 9 unspecified atom stereocenters. The van der Waals surface area contributed by atoms with E-state index in [1.165, 1.54) is 21.1 Å². The van der Waals surface area contributed by atoms with E-state index in [4.69, 9.17) is 75.2 Å². The van der Waals surface area contributed by atoms with Gasteiger partial charge in [-0.1, -0.05) is 273 Å². The van der Waals surface area contributed by atoms with E-state index in [9.17, 15) is 14.7 Å². The molecule has 0 aliphatic rings. The maximum absolute atomic E-state index is 16.5. The minimum Gasteiger partial charge on any atom is -0.457 e. The smallest absolute Gasteiger partial charge is 0.457 e. The van der Waals surface area contributed by atoms with Crippen molar-refractivity contribution in [3.05, 3.63) is 323 Å². The van der Waals surface area contributed by atoms with Crippen LogP contribution in [0.1, 0.15) is 69.8 Å². The van der Waals surface area contributed by atoms with Crippen LogP contribution >= 0.6 is 7.82 Å². The van der Waals surface area contributed by atoms with E-state index in [2.05, 4.69) is 0 Å². The Balaban J connectivity index is 1.07. The van der Waals surface area contributed by atoms with E-state index in [-0.39, 0.29) is 118 Å². The lowest BCUT2D eigenvalue weighted by molar-refractivity contribution is -0.186. The summed E-state index contributed by atoms with van der Waals surface area (Å²) in [6.07, 6.45) is -10.4. The number of ketones is 1. The molecule has 0 saturated heterocycles. The van der Waals surface area contributed by atoms with Crippen LogP contribution in [-0.4, -0.2) is 145 Å². The molecule has 0 aliphatic heterocycles. The summed E-state index contributed by atoms with van der Waals surface area (Å²) in [5, 5.41) is 11.3. The minimum absolute atomic E-state index is 0.0120. The lowest BCUT2D eigenvalue weighted by Gasteiger charge is -2.35. The molecule has 0 amide bonds. The van der Waals surface area contributed by atoms with Gasteiger partial charge in [-0.3, -0.25) is 18.4 Å². The molecule has 0 saturated carbocycles. The number of carbonyl (C=O) groups is 2. The van der Waals surface area contributed by atoms with E-state index in [0.717, 1.165) is 44.5 Å². The number of esters is 1. The molecule has 11 atom stereocenters. The van der Waals surface area contributed by atoms with Gasteiger partial charge in [0, 0.05) is 20.6 Å². The van der Waals surface area contributed by atoms with Crippen molar-refractivity contribution in [1.29, 1.82) is 0 Å². The van der Waals surface area contributed by atoms with Crippen molar-refractivity contribution >= 4 is 19.6 Å². The van der Waals surface area contributed by atoms with Crippen molar-refractivity contribution in [3.8, 4) is 0 Å². The maximum Gasteiger partial charge on any atom is 0.475 e. The Labute approximate surface area is 641 Å². The van der Waals surface area contributed by atoms with E-state index >= 15 is 4.57 Å². The summed E-state index contributed by atoms with van der Waals surface area (Å²) in [6, 6.07) is 86.2. The van der Waals surface area contributed by atoms with Crippen LogP contribution in [0, 0.1) is 0 Å². The molecule has 0 aliphatic carbocycles. The van der Waals surface area contributed by atoms with Gasteiger partial charge in [0.05, 0.1) is 119 Å².